The summed E-state index contributed by atoms with van der Waals surface area (Å²) in [7, 11) is 1.58. The molecule has 0 aliphatic carbocycles. The van der Waals surface area contributed by atoms with E-state index in [0.29, 0.717) is 12.3 Å². The Morgan fingerprint density at radius 2 is 2.12 bits per heavy atom. The quantitative estimate of drug-likeness (QED) is 0.604. The average molecular weight is 360 g/mol. The third-order valence-corrected chi connectivity index (χ3v) is 4.18. The topological polar surface area (TPSA) is 81.9 Å². The highest BCUT2D eigenvalue weighted by molar-refractivity contribution is 5.95. The molecule has 2 aromatic carbocycles. The molecular formula is C18H17FN2O5. The molecule has 3 rings (SSSR count). The van der Waals surface area contributed by atoms with Crippen LogP contribution in [0.2, 0.25) is 0 Å². The molecular weight excluding hydrogens is 343 g/mol. The first-order valence-electron chi connectivity index (χ1n) is 8.03. The highest BCUT2D eigenvalue weighted by atomic mass is 19.1. The lowest BCUT2D eigenvalue weighted by Crippen LogP contribution is -2.38. The van der Waals surface area contributed by atoms with Gasteiger partial charge >= 0.3 is 5.69 Å². The van der Waals surface area contributed by atoms with Crippen molar-refractivity contribution in [2.45, 2.75) is 12.8 Å². The molecule has 1 aliphatic rings. The predicted octanol–water partition coefficient (Wildman–Crippen LogP) is 3.10. The number of nitro groups is 1. The summed E-state index contributed by atoms with van der Waals surface area (Å²) in [6, 6.07) is 8.34. The zero-order valence-corrected chi connectivity index (χ0v) is 14.1. The summed E-state index contributed by atoms with van der Waals surface area (Å²) in [5.74, 6) is -0.580. The van der Waals surface area contributed by atoms with Gasteiger partial charge in [0.05, 0.1) is 12.0 Å². The zero-order valence-electron chi connectivity index (χ0n) is 14.1. The molecule has 26 heavy (non-hydrogen) atoms. The first-order chi connectivity index (χ1) is 12.5. The molecule has 1 aliphatic heterocycles. The van der Waals surface area contributed by atoms with Crippen LogP contribution in [-0.4, -0.2) is 31.1 Å². The molecule has 7 nitrogen and oxygen atoms in total. The van der Waals surface area contributed by atoms with Crippen LogP contribution in [0.15, 0.2) is 36.4 Å². The van der Waals surface area contributed by atoms with Gasteiger partial charge in [-0.2, -0.15) is 0 Å². The van der Waals surface area contributed by atoms with Crippen LogP contribution in [-0.2, 0) is 11.2 Å². The number of halogens is 1. The minimum atomic E-state index is -0.679. The average Bonchev–Trinajstić information content (AvgIpc) is 2.64. The van der Waals surface area contributed by atoms with Crippen LogP contribution in [0.1, 0.15) is 12.0 Å². The molecule has 1 heterocycles. The van der Waals surface area contributed by atoms with Crippen LogP contribution in [0.5, 0.6) is 11.5 Å². The number of anilines is 1. The summed E-state index contributed by atoms with van der Waals surface area (Å²) in [6.45, 7) is 0.0997. The monoisotopic (exact) mass is 360 g/mol. The van der Waals surface area contributed by atoms with Gasteiger partial charge in [0.15, 0.2) is 6.61 Å². The van der Waals surface area contributed by atoms with E-state index >= 15 is 0 Å². The van der Waals surface area contributed by atoms with E-state index in [9.17, 15) is 19.3 Å². The number of nitrogens with zero attached hydrogens (tertiary/aromatic N) is 2. The molecule has 0 aromatic heterocycles. The van der Waals surface area contributed by atoms with Crippen molar-refractivity contribution in [1.29, 1.82) is 0 Å². The van der Waals surface area contributed by atoms with E-state index in [0.717, 1.165) is 42.3 Å². The summed E-state index contributed by atoms with van der Waals surface area (Å²) in [5.41, 5.74) is 1.36. The minimum Gasteiger partial charge on any atom is -0.497 e. The van der Waals surface area contributed by atoms with Gasteiger partial charge in [-0.25, -0.2) is 4.39 Å². The zero-order chi connectivity index (χ0) is 18.7. The van der Waals surface area contributed by atoms with Gasteiger partial charge in [0.2, 0.25) is 5.75 Å². The van der Waals surface area contributed by atoms with E-state index in [1.54, 1.807) is 24.1 Å². The lowest BCUT2D eigenvalue weighted by atomic mass is 10.0. The molecule has 0 fully saturated rings. The Morgan fingerprint density at radius 1 is 1.31 bits per heavy atom. The number of hydrogen-bond acceptors (Lipinski definition) is 5. The smallest absolute Gasteiger partial charge is 0.311 e. The summed E-state index contributed by atoms with van der Waals surface area (Å²) in [4.78, 5) is 24.5. The van der Waals surface area contributed by atoms with Gasteiger partial charge in [-0.15, -0.1) is 0 Å². The second-order valence-corrected chi connectivity index (χ2v) is 5.80. The molecule has 0 saturated carbocycles. The van der Waals surface area contributed by atoms with Crippen molar-refractivity contribution in [3.05, 3.63) is 57.9 Å². The largest absolute Gasteiger partial charge is 0.497 e. The Bertz CT molecular complexity index is 855. The maximum atomic E-state index is 13.3. The summed E-state index contributed by atoms with van der Waals surface area (Å²) < 4.78 is 23.8. The van der Waals surface area contributed by atoms with Gasteiger partial charge in [-0.1, -0.05) is 0 Å². The van der Waals surface area contributed by atoms with E-state index in [4.69, 9.17) is 9.47 Å². The molecule has 0 N–H and O–H groups in total. The molecule has 8 heteroatoms. The molecule has 0 saturated heterocycles. The fourth-order valence-electron chi connectivity index (χ4n) is 2.93. The van der Waals surface area contributed by atoms with Gasteiger partial charge in [-0.05, 0) is 42.7 Å². The van der Waals surface area contributed by atoms with E-state index in [-0.39, 0.29) is 17.3 Å². The summed E-state index contributed by atoms with van der Waals surface area (Å²) in [6.07, 6.45) is 1.61. The number of amides is 1. The fraction of sp³-hybridized carbons (Fsp3) is 0.278. The molecule has 0 atom stereocenters. The Hall–Kier alpha value is -3.16. The maximum Gasteiger partial charge on any atom is 0.311 e. The number of carbonyl (C=O) groups is 1. The molecule has 136 valence electrons. The fourth-order valence-corrected chi connectivity index (χ4v) is 2.93. The number of ether oxygens (including phenoxy) is 2. The predicted molar refractivity (Wildman–Crippen MR) is 92.2 cm³/mol. The van der Waals surface area contributed by atoms with Gasteiger partial charge in [0.1, 0.15) is 11.6 Å². The van der Waals surface area contributed by atoms with Crippen molar-refractivity contribution in [3.63, 3.8) is 0 Å². The highest BCUT2D eigenvalue weighted by Gasteiger charge is 2.24. The molecule has 1 amide bonds. The normalized spacial score (nSPS) is 13.1. The Morgan fingerprint density at radius 3 is 2.85 bits per heavy atom. The van der Waals surface area contributed by atoms with Crippen LogP contribution in [0.25, 0.3) is 0 Å². The van der Waals surface area contributed by atoms with Crippen LogP contribution >= 0.6 is 0 Å². The molecule has 0 spiro atoms. The highest BCUT2D eigenvalue weighted by Crippen LogP contribution is 2.31. The van der Waals surface area contributed by atoms with Crippen molar-refractivity contribution in [3.8, 4) is 11.5 Å². The van der Waals surface area contributed by atoms with E-state index in [1.165, 1.54) is 0 Å². The third kappa shape index (κ3) is 3.58. The summed E-state index contributed by atoms with van der Waals surface area (Å²) >= 11 is 0. The molecule has 0 unspecified atom stereocenters. The van der Waals surface area contributed by atoms with Crippen LogP contribution in [0, 0.1) is 15.9 Å². The first kappa shape index (κ1) is 17.7. The van der Waals surface area contributed by atoms with E-state index in [2.05, 4.69) is 0 Å². The van der Waals surface area contributed by atoms with Crippen molar-refractivity contribution >= 4 is 17.3 Å². The van der Waals surface area contributed by atoms with E-state index in [1.807, 2.05) is 6.07 Å². The van der Waals surface area contributed by atoms with Crippen molar-refractivity contribution < 1.29 is 23.6 Å². The Balaban J connectivity index is 1.76. The number of benzene rings is 2. The first-order valence-corrected chi connectivity index (χ1v) is 8.03. The Labute approximate surface area is 149 Å². The van der Waals surface area contributed by atoms with Crippen LogP contribution in [0.4, 0.5) is 15.8 Å². The van der Waals surface area contributed by atoms with Gasteiger partial charge in [0, 0.05) is 24.4 Å². The lowest BCUT2D eigenvalue weighted by Gasteiger charge is -2.29. The van der Waals surface area contributed by atoms with E-state index < -0.39 is 17.3 Å². The van der Waals surface area contributed by atoms with Gasteiger partial charge in [0.25, 0.3) is 5.91 Å². The number of aryl methyl sites for hydroxylation is 1. The second-order valence-electron chi connectivity index (χ2n) is 5.80. The number of rotatable bonds is 5. The molecule has 2 aromatic rings. The number of fused-ring (bicyclic) bond motifs is 1. The SMILES string of the molecule is COc1ccc2c(c1)CCCN2C(=O)COc1cc(F)ccc1[N+](=O)[O-]. The lowest BCUT2D eigenvalue weighted by molar-refractivity contribution is -0.385. The van der Waals surface area contributed by atoms with Crippen molar-refractivity contribution in [1.82, 2.24) is 0 Å². The van der Waals surface area contributed by atoms with Gasteiger partial charge < -0.3 is 14.4 Å². The van der Waals surface area contributed by atoms with Crippen molar-refractivity contribution in [2.75, 3.05) is 25.2 Å². The standard InChI is InChI=1S/C18H17FN2O5/c1-25-14-5-7-15-12(9-14)3-2-8-20(15)18(22)11-26-17-10-13(19)4-6-16(17)21(23)24/h4-7,9-10H,2-3,8,11H2,1H3. The minimum absolute atomic E-state index is 0.268. The van der Waals surface area contributed by atoms with Crippen LogP contribution in [0.3, 0.4) is 0 Å². The maximum absolute atomic E-state index is 13.3. The number of hydrogen-bond donors (Lipinski definition) is 0. The second kappa shape index (κ2) is 7.38. The number of nitro benzene ring substituents is 1. The number of carbonyl (C=O) groups excluding carboxylic acids is 1. The van der Waals surface area contributed by atoms with Crippen LogP contribution < -0.4 is 14.4 Å². The van der Waals surface area contributed by atoms with Gasteiger partial charge in [-0.3, -0.25) is 14.9 Å². The Kier molecular flexibility index (Phi) is 5.01. The molecule has 0 bridgehead atoms. The number of methoxy groups -OCH3 is 1. The summed E-state index contributed by atoms with van der Waals surface area (Å²) in [5, 5.41) is 11.0. The van der Waals surface area contributed by atoms with Crippen molar-refractivity contribution in [2.24, 2.45) is 0 Å². The third-order valence-electron chi connectivity index (χ3n) is 4.18. The molecule has 0 radical (unpaired) electrons.